The molecular formula is C21H26ClN3O2S. The Morgan fingerprint density at radius 2 is 1.79 bits per heavy atom. The number of nitrogens with zero attached hydrogens (tertiary/aromatic N) is 3. The van der Waals surface area contributed by atoms with E-state index in [9.17, 15) is 4.79 Å². The number of ether oxygens (including phenoxy) is 1. The molecule has 0 bridgehead atoms. The predicted molar refractivity (Wildman–Crippen MR) is 120 cm³/mol. The molecule has 0 fully saturated rings. The number of carbonyl (C=O) groups excluding carboxylic acids is 1. The Hall–Kier alpha value is -2.15. The zero-order valence-electron chi connectivity index (χ0n) is 16.9. The molecule has 0 radical (unpaired) electrons. The number of amides is 1. The van der Waals surface area contributed by atoms with Crippen LogP contribution in [0.15, 0.2) is 36.4 Å². The molecular weight excluding hydrogens is 394 g/mol. The van der Waals surface area contributed by atoms with E-state index in [0.29, 0.717) is 17.2 Å². The highest BCUT2D eigenvalue weighted by atomic mass is 35.5. The summed E-state index contributed by atoms with van der Waals surface area (Å²) in [5, 5.41) is 0.702. The Morgan fingerprint density at radius 3 is 2.43 bits per heavy atom. The monoisotopic (exact) mass is 419 g/mol. The van der Waals surface area contributed by atoms with Gasteiger partial charge < -0.3 is 9.64 Å². The summed E-state index contributed by atoms with van der Waals surface area (Å²) < 4.78 is 6.52. The first-order valence-corrected chi connectivity index (χ1v) is 9.70. The molecule has 0 aliphatic heterocycles. The molecule has 1 heterocycles. The summed E-state index contributed by atoms with van der Waals surface area (Å²) >= 11 is 1.54. The number of halogens is 1. The van der Waals surface area contributed by atoms with Crippen LogP contribution in [0.2, 0.25) is 0 Å². The fourth-order valence-electron chi connectivity index (χ4n) is 2.92. The van der Waals surface area contributed by atoms with Crippen molar-refractivity contribution in [2.75, 3.05) is 39.2 Å². The minimum atomic E-state index is -0.0226. The van der Waals surface area contributed by atoms with Gasteiger partial charge in [0.1, 0.15) is 11.3 Å². The van der Waals surface area contributed by atoms with E-state index in [2.05, 4.69) is 11.8 Å². The van der Waals surface area contributed by atoms with Crippen LogP contribution in [-0.4, -0.2) is 50.1 Å². The molecule has 7 heteroatoms. The van der Waals surface area contributed by atoms with Crippen LogP contribution in [0.4, 0.5) is 5.13 Å². The summed E-state index contributed by atoms with van der Waals surface area (Å²) in [5.74, 6) is 0.708. The van der Waals surface area contributed by atoms with Gasteiger partial charge in [0, 0.05) is 18.7 Å². The average Bonchev–Trinajstić information content (AvgIpc) is 3.08. The minimum absolute atomic E-state index is 0. The zero-order chi connectivity index (χ0) is 19.6. The van der Waals surface area contributed by atoms with E-state index in [1.807, 2.05) is 57.4 Å². The molecule has 5 nitrogen and oxygen atoms in total. The van der Waals surface area contributed by atoms with E-state index >= 15 is 0 Å². The van der Waals surface area contributed by atoms with Crippen molar-refractivity contribution in [1.29, 1.82) is 0 Å². The molecule has 0 N–H and O–H groups in total. The Bertz CT molecular complexity index is 971. The largest absolute Gasteiger partial charge is 0.494 e. The first-order valence-electron chi connectivity index (χ1n) is 8.88. The molecule has 3 rings (SSSR count). The first kappa shape index (κ1) is 22.1. The van der Waals surface area contributed by atoms with Gasteiger partial charge in [0.15, 0.2) is 5.13 Å². The van der Waals surface area contributed by atoms with Crippen LogP contribution in [0.5, 0.6) is 5.75 Å². The second-order valence-corrected chi connectivity index (χ2v) is 7.81. The van der Waals surface area contributed by atoms with E-state index in [1.54, 1.807) is 12.0 Å². The number of thiazole rings is 1. The lowest BCUT2D eigenvalue weighted by atomic mass is 10.1. The van der Waals surface area contributed by atoms with Gasteiger partial charge >= 0.3 is 0 Å². The molecule has 0 aliphatic rings. The summed E-state index contributed by atoms with van der Waals surface area (Å²) in [6.07, 6.45) is 0. The Balaban J connectivity index is 0.00000280. The SMILES string of the molecule is COc1ccc(C)c2sc(N(CCN(C)C)C(=O)c3ccccc3C)nc12.Cl. The van der Waals surface area contributed by atoms with Crippen molar-refractivity contribution in [3.63, 3.8) is 0 Å². The van der Waals surface area contributed by atoms with Crippen molar-refractivity contribution < 1.29 is 9.53 Å². The third-order valence-electron chi connectivity index (χ3n) is 4.53. The maximum absolute atomic E-state index is 13.3. The van der Waals surface area contributed by atoms with E-state index in [4.69, 9.17) is 9.72 Å². The molecule has 1 aromatic heterocycles. The fourth-order valence-corrected chi connectivity index (χ4v) is 4.00. The third kappa shape index (κ3) is 4.46. The quantitative estimate of drug-likeness (QED) is 0.587. The molecule has 28 heavy (non-hydrogen) atoms. The first-order chi connectivity index (χ1) is 12.9. The van der Waals surface area contributed by atoms with E-state index in [1.165, 1.54) is 11.3 Å². The van der Waals surface area contributed by atoms with Crippen molar-refractivity contribution in [1.82, 2.24) is 9.88 Å². The summed E-state index contributed by atoms with van der Waals surface area (Å²) in [7, 11) is 5.65. The number of hydrogen-bond acceptors (Lipinski definition) is 5. The number of aromatic nitrogens is 1. The zero-order valence-corrected chi connectivity index (χ0v) is 18.5. The van der Waals surface area contributed by atoms with E-state index < -0.39 is 0 Å². The maximum atomic E-state index is 13.3. The molecule has 0 aliphatic carbocycles. The van der Waals surface area contributed by atoms with Gasteiger partial charge in [0.25, 0.3) is 5.91 Å². The number of carbonyl (C=O) groups is 1. The van der Waals surface area contributed by atoms with Crippen LogP contribution >= 0.6 is 23.7 Å². The molecule has 0 spiro atoms. The highest BCUT2D eigenvalue weighted by molar-refractivity contribution is 7.22. The van der Waals surface area contributed by atoms with Crippen LogP contribution in [0.25, 0.3) is 10.2 Å². The number of rotatable bonds is 6. The maximum Gasteiger partial charge on any atom is 0.260 e. The number of fused-ring (bicyclic) bond motifs is 1. The molecule has 0 saturated carbocycles. The number of anilines is 1. The second-order valence-electron chi connectivity index (χ2n) is 6.83. The van der Waals surface area contributed by atoms with Gasteiger partial charge in [-0.25, -0.2) is 4.98 Å². The normalized spacial score (nSPS) is 10.8. The lowest BCUT2D eigenvalue weighted by Crippen LogP contribution is -2.37. The minimum Gasteiger partial charge on any atom is -0.494 e. The molecule has 2 aromatic carbocycles. The highest BCUT2D eigenvalue weighted by Gasteiger charge is 2.23. The smallest absolute Gasteiger partial charge is 0.260 e. The Kier molecular flexibility index (Phi) is 7.41. The third-order valence-corrected chi connectivity index (χ3v) is 5.75. The molecule has 0 unspecified atom stereocenters. The van der Waals surface area contributed by atoms with Crippen molar-refractivity contribution in [2.45, 2.75) is 13.8 Å². The highest BCUT2D eigenvalue weighted by Crippen LogP contribution is 2.36. The molecule has 0 saturated heterocycles. The lowest BCUT2D eigenvalue weighted by Gasteiger charge is -2.22. The number of hydrogen-bond donors (Lipinski definition) is 0. The van der Waals surface area contributed by atoms with Gasteiger partial charge in [0.05, 0.1) is 11.8 Å². The molecule has 150 valence electrons. The number of benzene rings is 2. The van der Waals surface area contributed by atoms with Crippen LogP contribution in [-0.2, 0) is 0 Å². The van der Waals surface area contributed by atoms with Gasteiger partial charge in [-0.3, -0.25) is 9.69 Å². The summed E-state index contributed by atoms with van der Waals surface area (Å²) in [4.78, 5) is 22.0. The van der Waals surface area contributed by atoms with Gasteiger partial charge in [-0.1, -0.05) is 35.6 Å². The summed E-state index contributed by atoms with van der Waals surface area (Å²) in [5.41, 5.74) is 3.61. The van der Waals surface area contributed by atoms with Crippen LogP contribution in [0.3, 0.4) is 0 Å². The second kappa shape index (κ2) is 9.37. The van der Waals surface area contributed by atoms with Crippen molar-refractivity contribution in [3.05, 3.63) is 53.1 Å². The lowest BCUT2D eigenvalue weighted by molar-refractivity contribution is 0.0984. The average molecular weight is 420 g/mol. The van der Waals surface area contributed by atoms with Crippen molar-refractivity contribution >= 4 is 45.0 Å². The van der Waals surface area contributed by atoms with Gasteiger partial charge in [-0.2, -0.15) is 0 Å². The van der Waals surface area contributed by atoms with E-state index in [-0.39, 0.29) is 18.3 Å². The Morgan fingerprint density at radius 1 is 1.07 bits per heavy atom. The van der Waals surface area contributed by atoms with Crippen LogP contribution in [0.1, 0.15) is 21.5 Å². The summed E-state index contributed by atoms with van der Waals surface area (Å²) in [6.45, 7) is 5.34. The standard InChI is InChI=1S/C21H25N3O2S.ClH/c1-14-8-6-7-9-16(14)20(25)24(13-12-23(3)4)21-22-18-17(26-5)11-10-15(2)19(18)27-21;/h6-11H,12-13H2,1-5H3;1H. The summed E-state index contributed by atoms with van der Waals surface area (Å²) in [6, 6.07) is 11.6. The molecule has 0 atom stereocenters. The van der Waals surface area contributed by atoms with Crippen LogP contribution < -0.4 is 9.64 Å². The van der Waals surface area contributed by atoms with Gasteiger partial charge in [-0.05, 0) is 51.2 Å². The topological polar surface area (TPSA) is 45.7 Å². The van der Waals surface area contributed by atoms with Crippen LogP contribution in [0, 0.1) is 13.8 Å². The number of aryl methyl sites for hydroxylation is 2. The Labute approximate surface area is 176 Å². The van der Waals surface area contributed by atoms with E-state index in [0.717, 1.165) is 33.6 Å². The van der Waals surface area contributed by atoms with Crippen molar-refractivity contribution in [2.24, 2.45) is 0 Å². The number of methoxy groups -OCH3 is 1. The van der Waals surface area contributed by atoms with Gasteiger partial charge in [0.2, 0.25) is 0 Å². The molecule has 3 aromatic rings. The van der Waals surface area contributed by atoms with Crippen molar-refractivity contribution in [3.8, 4) is 5.75 Å². The van der Waals surface area contributed by atoms with Gasteiger partial charge in [-0.15, -0.1) is 12.4 Å². The number of likely N-dealkylation sites (N-methyl/N-ethyl adjacent to an activating group) is 1. The fraction of sp³-hybridized carbons (Fsp3) is 0.333. The molecule has 1 amide bonds. The predicted octanol–water partition coefficient (Wildman–Crippen LogP) is 4.55.